The van der Waals surface area contributed by atoms with Gasteiger partial charge in [0.1, 0.15) is 24.8 Å². The Bertz CT molecular complexity index is 936. The van der Waals surface area contributed by atoms with Gasteiger partial charge in [0.25, 0.3) is 0 Å². The first-order valence-electron chi connectivity index (χ1n) is 13.0. The molecule has 0 N–H and O–H groups in total. The number of aryl methyl sites for hydroxylation is 4. The lowest BCUT2D eigenvalue weighted by Crippen LogP contribution is -2.23. The zero-order chi connectivity index (χ0) is 28.0. The summed E-state index contributed by atoms with van der Waals surface area (Å²) in [5.74, 6) is 0. The van der Waals surface area contributed by atoms with Crippen LogP contribution in [0, 0.1) is 22.9 Å². The topological polar surface area (TPSA) is 135 Å². The summed E-state index contributed by atoms with van der Waals surface area (Å²) in [7, 11) is 4.13. The van der Waals surface area contributed by atoms with Crippen LogP contribution in [-0.4, -0.2) is 21.2 Å². The van der Waals surface area contributed by atoms with E-state index < -0.39 is 0 Å². The zero-order valence-corrected chi connectivity index (χ0v) is 23.1. The van der Waals surface area contributed by atoms with Crippen LogP contribution in [0.3, 0.4) is 0 Å². The molecule has 0 aliphatic rings. The third kappa shape index (κ3) is 26.6. The monoisotopic (exact) mass is 508 g/mol. The summed E-state index contributed by atoms with van der Waals surface area (Å²) in [5, 5.41) is 29.7. The molecule has 0 spiro atoms. The van der Waals surface area contributed by atoms with Crippen molar-refractivity contribution in [3.05, 3.63) is 48.3 Å². The van der Waals surface area contributed by atoms with Crippen LogP contribution in [-0.2, 0) is 27.2 Å². The molecule has 10 heteroatoms. The highest BCUT2D eigenvalue weighted by atomic mass is 15.1. The van der Waals surface area contributed by atoms with Gasteiger partial charge in [-0.25, -0.2) is 18.3 Å². The predicted octanol–water partition coefficient (Wildman–Crippen LogP) is 5.38. The van der Waals surface area contributed by atoms with E-state index in [4.69, 9.17) is 21.3 Å². The van der Waals surface area contributed by atoms with Crippen LogP contribution in [0.5, 0.6) is 0 Å². The molecule has 10 nitrogen and oxygen atoms in total. The average Bonchev–Trinajstić information content (AvgIpc) is 3.51. The van der Waals surface area contributed by atoms with E-state index in [0.717, 1.165) is 0 Å². The van der Waals surface area contributed by atoms with Crippen molar-refractivity contribution in [2.75, 3.05) is 0 Å². The van der Waals surface area contributed by atoms with E-state index in [0.29, 0.717) is 0 Å². The van der Waals surface area contributed by atoms with Gasteiger partial charge in [0.05, 0.1) is 39.6 Å². The molecule has 0 aliphatic carbocycles. The molecule has 0 unspecified atom stereocenters. The van der Waals surface area contributed by atoms with Crippen molar-refractivity contribution >= 4 is 12.0 Å². The first kappa shape index (κ1) is 35.3. The van der Waals surface area contributed by atoms with Crippen molar-refractivity contribution in [3.63, 3.8) is 0 Å². The highest BCUT2D eigenvalue weighted by Crippen LogP contribution is 2.06. The first-order chi connectivity index (χ1) is 18.0. The lowest BCUT2D eigenvalue weighted by Gasteiger charge is -1.98. The van der Waals surface area contributed by atoms with Crippen molar-refractivity contribution in [1.29, 1.82) is 10.5 Å². The van der Waals surface area contributed by atoms with Gasteiger partial charge in [-0.3, -0.25) is 0 Å². The predicted molar refractivity (Wildman–Crippen MR) is 146 cm³/mol. The number of aliphatic imine (C=N–C) groups is 2. The number of rotatable bonds is 13. The van der Waals surface area contributed by atoms with Crippen molar-refractivity contribution in [2.45, 2.75) is 97.6 Å². The summed E-state index contributed by atoms with van der Waals surface area (Å²) in [6, 6.07) is 2.56. The summed E-state index contributed by atoms with van der Waals surface area (Å²) >= 11 is 0. The Morgan fingerprint density at radius 3 is 1.24 bits per heavy atom. The van der Waals surface area contributed by atoms with Gasteiger partial charge in [-0.05, 0) is 25.7 Å². The Labute approximate surface area is 223 Å². The number of aromatic nitrogens is 4. The third-order valence-corrected chi connectivity index (χ3v) is 5.14. The van der Waals surface area contributed by atoms with Gasteiger partial charge in [-0.1, -0.05) is 58.8 Å². The molecule has 2 heterocycles. The molecule has 0 saturated heterocycles. The van der Waals surface area contributed by atoms with E-state index in [1.807, 2.05) is 0 Å². The lowest BCUT2D eigenvalue weighted by atomic mass is 10.1. The largest absolute Gasteiger partial charge is 0.422 e. The molecule has 2 aromatic heterocycles. The molecule has 0 amide bonds. The third-order valence-electron chi connectivity index (χ3n) is 5.14. The molecule has 0 saturated carbocycles. The second kappa shape index (κ2) is 28.4. The smallest absolute Gasteiger partial charge is 0.243 e. The van der Waals surface area contributed by atoms with Gasteiger partial charge >= 0.3 is 0 Å². The highest BCUT2D eigenvalue weighted by molar-refractivity contribution is 5.46. The maximum absolute atomic E-state index is 7.43. The number of imidazole rings is 2. The van der Waals surface area contributed by atoms with Gasteiger partial charge in [0, 0.05) is 0 Å². The van der Waals surface area contributed by atoms with Gasteiger partial charge in [0.2, 0.25) is 12.7 Å². The molecule has 2 rings (SSSR count). The Morgan fingerprint density at radius 1 is 0.649 bits per heavy atom. The number of nitriles is 2. The molecule has 0 aromatic carbocycles. The molecular formula is C27H44N10. The minimum Gasteiger partial charge on any atom is -0.422 e. The Balaban J connectivity index is 0. The Kier molecular flexibility index (Phi) is 27.1. The summed E-state index contributed by atoms with van der Waals surface area (Å²) in [4.78, 5) is 5.17. The lowest BCUT2D eigenvalue weighted by molar-refractivity contribution is -0.671. The molecule has 2 aromatic rings. The van der Waals surface area contributed by atoms with E-state index in [9.17, 15) is 0 Å². The summed E-state index contributed by atoms with van der Waals surface area (Å²) < 4.78 is 8.70. The number of unbranched alkanes of at least 4 members (excludes halogenated alkanes) is 9. The van der Waals surface area contributed by atoms with Gasteiger partial charge in [-0.2, -0.15) is 10.5 Å². The normalized spacial score (nSPS) is 8.81. The Morgan fingerprint density at radius 2 is 1.00 bits per heavy atom. The van der Waals surface area contributed by atoms with Crippen LogP contribution in [0.25, 0.3) is 10.8 Å². The van der Waals surface area contributed by atoms with Crippen LogP contribution < -0.4 is 9.13 Å². The van der Waals surface area contributed by atoms with Crippen LogP contribution in [0.2, 0.25) is 0 Å². The Hall–Kier alpha value is -3.84. The van der Waals surface area contributed by atoms with Gasteiger partial charge in [-0.15, -0.1) is 12.0 Å². The van der Waals surface area contributed by atoms with Gasteiger partial charge in [0.15, 0.2) is 0 Å². The minimum absolute atomic E-state index is 1.17. The molecule has 0 atom stereocenters. The number of hydrogen-bond donors (Lipinski definition) is 0. The first-order valence-corrected chi connectivity index (χ1v) is 13.0. The SMILES string of the molecule is CCCCCCCCn1cc[n+](C)c1.CCCCCCCn1cc[n+](C)c1.N#CN=C=[N-].N#CN=C=[N-]. The second-order valence-corrected chi connectivity index (χ2v) is 8.44. The van der Waals surface area contributed by atoms with E-state index >= 15 is 0 Å². The van der Waals surface area contributed by atoms with Crippen molar-refractivity contribution in [2.24, 2.45) is 24.1 Å². The number of hydrogen-bond acceptors (Lipinski definition) is 4. The minimum atomic E-state index is 1.17. The van der Waals surface area contributed by atoms with E-state index in [2.05, 4.69) is 93.6 Å². The van der Waals surface area contributed by atoms with E-state index in [1.54, 1.807) is 0 Å². The summed E-state index contributed by atoms with van der Waals surface area (Å²) in [6.45, 7) is 6.86. The molecule has 37 heavy (non-hydrogen) atoms. The maximum Gasteiger partial charge on any atom is 0.243 e. The van der Waals surface area contributed by atoms with Crippen molar-refractivity contribution < 1.29 is 9.13 Å². The second-order valence-electron chi connectivity index (χ2n) is 8.44. The molecule has 0 bridgehead atoms. The van der Waals surface area contributed by atoms with Crippen LogP contribution >= 0.6 is 0 Å². The quantitative estimate of drug-likeness (QED) is 0.155. The number of nitrogens with zero attached hydrogens (tertiary/aromatic N) is 10. The molecule has 0 radical (unpaired) electrons. The standard InChI is InChI=1S/C12H23N2.C11H21N2.2C2N3/c1-3-4-5-6-7-8-9-14-11-10-13(2)12-14;1-3-4-5-6-7-8-13-10-9-12(2)11-13;2*3-1-5-2-4/h10-12H,3-9H2,1-2H3;9-11H,3-8H2,1-2H3;;/q2*+1;2*-1. The van der Waals surface area contributed by atoms with E-state index in [1.165, 1.54) is 108 Å². The molecule has 202 valence electrons. The fourth-order valence-electron chi connectivity index (χ4n) is 3.29. The average molecular weight is 509 g/mol. The van der Waals surface area contributed by atoms with Crippen LogP contribution in [0.1, 0.15) is 84.5 Å². The fraction of sp³-hybridized carbons (Fsp3) is 0.630. The maximum atomic E-state index is 7.43. The highest BCUT2D eigenvalue weighted by Gasteiger charge is 1.99. The van der Waals surface area contributed by atoms with Crippen molar-refractivity contribution in [3.8, 4) is 12.4 Å². The van der Waals surface area contributed by atoms with E-state index in [-0.39, 0.29) is 0 Å². The van der Waals surface area contributed by atoms with Gasteiger partial charge < -0.3 is 20.8 Å². The van der Waals surface area contributed by atoms with Crippen molar-refractivity contribution in [1.82, 2.24) is 9.13 Å². The van der Waals surface area contributed by atoms with Crippen LogP contribution in [0.15, 0.2) is 47.4 Å². The zero-order valence-electron chi connectivity index (χ0n) is 23.1. The molecule has 0 fully saturated rings. The van der Waals surface area contributed by atoms with Crippen LogP contribution in [0.4, 0.5) is 0 Å². The fourth-order valence-corrected chi connectivity index (χ4v) is 3.29. The molecule has 0 aliphatic heterocycles. The summed E-state index contributed by atoms with van der Waals surface area (Å²) in [6.07, 6.45) is 30.4. The summed E-state index contributed by atoms with van der Waals surface area (Å²) in [5.41, 5.74) is 0. The molecular weight excluding hydrogens is 464 g/mol.